The van der Waals surface area contributed by atoms with Crippen LogP contribution in [0.3, 0.4) is 0 Å². The summed E-state index contributed by atoms with van der Waals surface area (Å²) in [6.45, 7) is 1.58. The Morgan fingerprint density at radius 1 is 1.19 bits per heavy atom. The van der Waals surface area contributed by atoms with Gasteiger partial charge >= 0.3 is 0 Å². The van der Waals surface area contributed by atoms with Crippen LogP contribution in [0.1, 0.15) is 16.7 Å². The Hall–Kier alpha value is -4.71. The molecule has 0 saturated heterocycles. The van der Waals surface area contributed by atoms with Crippen LogP contribution in [0, 0.1) is 24.1 Å². The standard InChI is InChI=1S/C23H14FN5O3/c1-12-15(10-16-21(30)27-29(23(16)32)14-6-4-5-13(24)9-14)22(31)28-19-8-3-2-7-18(19)26-20(28)17(12)11-25/h2-10,32H,1H3,(H,27,30)/b15-10-. The van der Waals surface area contributed by atoms with E-state index in [9.17, 15) is 24.3 Å². The Balaban J connectivity index is 1.86. The normalized spacial score (nSPS) is 12.0. The maximum Gasteiger partial charge on any atom is 0.275 e. The molecule has 3 aromatic heterocycles. The highest BCUT2D eigenvalue weighted by atomic mass is 19.1. The molecule has 0 spiro atoms. The largest absolute Gasteiger partial charge is 0.493 e. The van der Waals surface area contributed by atoms with Crippen molar-refractivity contribution in [2.75, 3.05) is 0 Å². The fourth-order valence-corrected chi connectivity index (χ4v) is 3.80. The molecule has 3 heterocycles. The number of imidazole rings is 1. The smallest absolute Gasteiger partial charge is 0.275 e. The Kier molecular flexibility index (Phi) is 4.17. The van der Waals surface area contributed by atoms with Crippen molar-refractivity contribution in [3.8, 4) is 17.6 Å². The number of fused-ring (bicyclic) bond motifs is 3. The van der Waals surface area contributed by atoms with E-state index in [0.29, 0.717) is 16.6 Å². The molecule has 2 aromatic carbocycles. The number of nitrogens with zero attached hydrogens (tertiary/aromatic N) is 4. The summed E-state index contributed by atoms with van der Waals surface area (Å²) in [4.78, 5) is 30.4. The van der Waals surface area contributed by atoms with Crippen molar-refractivity contribution in [2.45, 2.75) is 6.92 Å². The molecule has 5 aromatic rings. The SMILES string of the molecule is Cc1c(C#N)c2nc3ccccc3n2c(=O)/c1=C\c1c(O)n(-c2cccc(F)c2)[nH]c1=O. The number of nitrogens with one attached hydrogen (secondary N) is 1. The van der Waals surface area contributed by atoms with Gasteiger partial charge in [0.25, 0.3) is 11.1 Å². The number of benzene rings is 2. The van der Waals surface area contributed by atoms with Crippen LogP contribution in [-0.4, -0.2) is 24.3 Å². The quantitative estimate of drug-likeness (QED) is 0.446. The minimum atomic E-state index is -0.681. The summed E-state index contributed by atoms with van der Waals surface area (Å²) < 4.78 is 15.9. The first kappa shape index (κ1) is 19.3. The van der Waals surface area contributed by atoms with Crippen LogP contribution in [0.5, 0.6) is 5.88 Å². The second-order valence-electron chi connectivity index (χ2n) is 7.23. The fraction of sp³-hybridized carbons (Fsp3) is 0.0435. The lowest BCUT2D eigenvalue weighted by molar-refractivity contribution is 0.432. The van der Waals surface area contributed by atoms with Crippen LogP contribution in [0.15, 0.2) is 58.1 Å². The van der Waals surface area contributed by atoms with E-state index in [1.54, 1.807) is 31.2 Å². The molecular weight excluding hydrogens is 413 g/mol. The van der Waals surface area contributed by atoms with E-state index in [1.807, 2.05) is 0 Å². The van der Waals surface area contributed by atoms with Crippen LogP contribution in [-0.2, 0) is 0 Å². The molecule has 0 amide bonds. The van der Waals surface area contributed by atoms with Gasteiger partial charge < -0.3 is 5.11 Å². The molecule has 0 aliphatic heterocycles. The highest BCUT2D eigenvalue weighted by Gasteiger charge is 2.18. The van der Waals surface area contributed by atoms with Crippen LogP contribution in [0.4, 0.5) is 4.39 Å². The molecule has 8 nitrogen and oxygen atoms in total. The highest BCUT2D eigenvalue weighted by molar-refractivity contribution is 5.82. The van der Waals surface area contributed by atoms with Crippen molar-refractivity contribution in [1.29, 1.82) is 5.26 Å². The first-order valence-electron chi connectivity index (χ1n) is 9.56. The van der Waals surface area contributed by atoms with Crippen LogP contribution in [0.25, 0.3) is 28.4 Å². The summed E-state index contributed by atoms with van der Waals surface area (Å²) in [5, 5.41) is 22.9. The van der Waals surface area contributed by atoms with E-state index in [4.69, 9.17) is 0 Å². The van der Waals surface area contributed by atoms with Crippen molar-refractivity contribution in [1.82, 2.24) is 19.2 Å². The van der Waals surface area contributed by atoms with Crippen molar-refractivity contribution in [3.63, 3.8) is 0 Å². The summed E-state index contributed by atoms with van der Waals surface area (Å²) in [6, 6.07) is 14.4. The number of nitriles is 1. The molecule has 2 N–H and O–H groups in total. The molecule has 156 valence electrons. The van der Waals surface area contributed by atoms with Gasteiger partial charge in [0.15, 0.2) is 5.65 Å². The van der Waals surface area contributed by atoms with Crippen LogP contribution < -0.4 is 16.3 Å². The maximum absolute atomic E-state index is 13.6. The number of para-hydroxylation sites is 2. The van der Waals surface area contributed by atoms with E-state index in [-0.39, 0.29) is 27.7 Å². The lowest BCUT2D eigenvalue weighted by Gasteiger charge is -2.04. The van der Waals surface area contributed by atoms with Gasteiger partial charge in [0.05, 0.1) is 22.3 Å². The number of hydrogen-bond acceptors (Lipinski definition) is 5. The van der Waals surface area contributed by atoms with Gasteiger partial charge in [0, 0.05) is 5.22 Å². The van der Waals surface area contributed by atoms with E-state index in [2.05, 4.69) is 16.2 Å². The highest BCUT2D eigenvalue weighted by Crippen LogP contribution is 2.20. The van der Waals surface area contributed by atoms with Gasteiger partial charge in [0.1, 0.15) is 17.4 Å². The molecule has 0 fully saturated rings. The van der Waals surface area contributed by atoms with E-state index < -0.39 is 22.8 Å². The maximum atomic E-state index is 13.6. The van der Waals surface area contributed by atoms with E-state index in [0.717, 1.165) is 10.7 Å². The molecule has 0 radical (unpaired) electrons. The van der Waals surface area contributed by atoms with Crippen molar-refractivity contribution < 1.29 is 9.50 Å². The third kappa shape index (κ3) is 2.70. The summed E-state index contributed by atoms with van der Waals surface area (Å²) in [5.74, 6) is -1.04. The number of pyridine rings is 1. The average molecular weight is 427 g/mol. The zero-order chi connectivity index (χ0) is 22.6. The Bertz CT molecular complexity index is 1770. The third-order valence-corrected chi connectivity index (χ3v) is 5.37. The van der Waals surface area contributed by atoms with E-state index in [1.165, 1.54) is 28.7 Å². The minimum absolute atomic E-state index is 0.0648. The molecule has 0 aliphatic carbocycles. The molecule has 0 aliphatic rings. The minimum Gasteiger partial charge on any atom is -0.493 e. The van der Waals surface area contributed by atoms with Crippen LogP contribution >= 0.6 is 0 Å². The van der Waals surface area contributed by atoms with Gasteiger partial charge in [-0.15, -0.1) is 0 Å². The molecule has 0 atom stereocenters. The van der Waals surface area contributed by atoms with Gasteiger partial charge in [-0.05, 0) is 48.9 Å². The fourth-order valence-electron chi connectivity index (χ4n) is 3.80. The Morgan fingerprint density at radius 3 is 2.72 bits per heavy atom. The zero-order valence-corrected chi connectivity index (χ0v) is 16.6. The zero-order valence-electron chi connectivity index (χ0n) is 16.6. The van der Waals surface area contributed by atoms with Gasteiger partial charge in [-0.2, -0.15) is 5.26 Å². The van der Waals surface area contributed by atoms with Crippen molar-refractivity contribution in [2.24, 2.45) is 0 Å². The lowest BCUT2D eigenvalue weighted by Crippen LogP contribution is -2.34. The average Bonchev–Trinajstić information content (AvgIpc) is 3.29. The van der Waals surface area contributed by atoms with Crippen molar-refractivity contribution >= 4 is 22.8 Å². The number of aromatic hydroxyl groups is 1. The van der Waals surface area contributed by atoms with Gasteiger partial charge in [-0.1, -0.05) is 18.2 Å². The summed E-state index contributed by atoms with van der Waals surface area (Å²) in [6.07, 6.45) is 1.23. The number of aromatic nitrogens is 4. The predicted octanol–water partition coefficient (Wildman–Crippen LogP) is 1.90. The monoisotopic (exact) mass is 427 g/mol. The molecule has 0 saturated carbocycles. The summed E-state index contributed by atoms with van der Waals surface area (Å²) in [5.41, 5.74) is 0.662. The van der Waals surface area contributed by atoms with Gasteiger partial charge in [0.2, 0.25) is 5.88 Å². The van der Waals surface area contributed by atoms with E-state index >= 15 is 0 Å². The molecule has 5 rings (SSSR count). The molecule has 0 unspecified atom stereocenters. The lowest BCUT2D eigenvalue weighted by atomic mass is 10.1. The van der Waals surface area contributed by atoms with Crippen LogP contribution in [0.2, 0.25) is 0 Å². The first-order valence-corrected chi connectivity index (χ1v) is 9.56. The second kappa shape index (κ2) is 6.92. The number of hydrogen-bond donors (Lipinski definition) is 2. The first-order chi connectivity index (χ1) is 15.4. The molecule has 9 heteroatoms. The number of halogens is 1. The second-order valence-corrected chi connectivity index (χ2v) is 7.23. The van der Waals surface area contributed by atoms with Gasteiger partial charge in [-0.3, -0.25) is 19.1 Å². The summed E-state index contributed by atoms with van der Waals surface area (Å²) >= 11 is 0. The van der Waals surface area contributed by atoms with Gasteiger partial charge in [-0.25, -0.2) is 14.1 Å². The predicted molar refractivity (Wildman–Crippen MR) is 115 cm³/mol. The molecule has 0 bridgehead atoms. The van der Waals surface area contributed by atoms with Crippen molar-refractivity contribution in [3.05, 3.63) is 97.0 Å². The Morgan fingerprint density at radius 2 is 1.97 bits per heavy atom. The number of H-pyrrole nitrogens is 1. The Labute approximate surface area is 178 Å². The molecule has 32 heavy (non-hydrogen) atoms. The molecular formula is C23H14FN5O3. The topological polar surface area (TPSA) is 116 Å². The summed E-state index contributed by atoms with van der Waals surface area (Å²) in [7, 11) is 0. The number of rotatable bonds is 2. The number of aromatic amines is 1. The third-order valence-electron chi connectivity index (χ3n) is 5.37.